The zero-order chi connectivity index (χ0) is 26.9. The Labute approximate surface area is 220 Å². The fourth-order valence-corrected chi connectivity index (χ4v) is 3.67. The van der Waals surface area contributed by atoms with E-state index in [1.165, 1.54) is 57.9 Å². The molecule has 0 saturated carbocycles. The Morgan fingerprint density at radius 3 is 2.49 bits per heavy atom. The number of phenolic OH excluding ortho intramolecular Hbond substituents is 1. The number of halogens is 1. The van der Waals surface area contributed by atoms with Crippen molar-refractivity contribution in [3.8, 4) is 17.6 Å². The summed E-state index contributed by atoms with van der Waals surface area (Å²) in [5, 5.41) is 14.8. The predicted octanol–water partition coefficient (Wildman–Crippen LogP) is 2.84. The number of hydrogen-bond acceptors (Lipinski definition) is 9. The molecule has 0 fully saturated rings. The Hall–Kier alpha value is -4.45. The largest absolute Gasteiger partial charge is 0.508 e. The summed E-state index contributed by atoms with van der Waals surface area (Å²) in [6, 6.07) is 11.0. The van der Waals surface area contributed by atoms with Gasteiger partial charge in [0.05, 0.1) is 32.5 Å². The Balaban J connectivity index is 1.78. The summed E-state index contributed by atoms with van der Waals surface area (Å²) in [5.74, 6) is -1.61. The molecular formula is C25H23BrN4O7. The molecule has 0 spiro atoms. The highest BCUT2D eigenvalue weighted by Crippen LogP contribution is 2.22. The number of carbonyl (C=O) groups is 3. The van der Waals surface area contributed by atoms with Crippen molar-refractivity contribution in [1.82, 2.24) is 20.6 Å². The van der Waals surface area contributed by atoms with Gasteiger partial charge in [-0.3, -0.25) is 9.59 Å². The van der Waals surface area contributed by atoms with E-state index < -0.39 is 11.9 Å². The first-order valence-corrected chi connectivity index (χ1v) is 11.5. The van der Waals surface area contributed by atoms with Crippen molar-refractivity contribution >= 4 is 39.8 Å². The van der Waals surface area contributed by atoms with Crippen molar-refractivity contribution < 1.29 is 33.7 Å². The van der Waals surface area contributed by atoms with Gasteiger partial charge in [0.2, 0.25) is 5.88 Å². The number of aromatic hydroxyl groups is 1. The minimum absolute atomic E-state index is 0.0626. The molecule has 37 heavy (non-hydrogen) atoms. The van der Waals surface area contributed by atoms with Crippen molar-refractivity contribution in [1.29, 1.82) is 0 Å². The van der Waals surface area contributed by atoms with Crippen LogP contribution in [0.2, 0.25) is 0 Å². The second kappa shape index (κ2) is 12.5. The van der Waals surface area contributed by atoms with Crippen LogP contribution >= 0.6 is 15.9 Å². The number of nitrogens with one attached hydrogen (secondary N) is 2. The maximum absolute atomic E-state index is 13.0. The highest BCUT2D eigenvalue weighted by atomic mass is 79.9. The van der Waals surface area contributed by atoms with Gasteiger partial charge in [0, 0.05) is 22.8 Å². The second-order valence-corrected chi connectivity index (χ2v) is 8.23. The molecule has 1 heterocycles. The Morgan fingerprint density at radius 1 is 1.05 bits per heavy atom. The zero-order valence-corrected chi connectivity index (χ0v) is 21.7. The molecule has 2 amide bonds. The first kappa shape index (κ1) is 27.1. The average Bonchev–Trinajstić information content (AvgIpc) is 2.90. The number of esters is 1. The van der Waals surface area contributed by atoms with E-state index in [0.717, 1.165) is 5.56 Å². The molecule has 3 N–H and O–H groups in total. The number of hydrogen-bond donors (Lipinski definition) is 3. The third kappa shape index (κ3) is 7.04. The summed E-state index contributed by atoms with van der Waals surface area (Å²) in [5.41, 5.74) is 1.29. The summed E-state index contributed by atoms with van der Waals surface area (Å²) < 4.78 is 15.3. The number of rotatable bonds is 9. The van der Waals surface area contributed by atoms with Crippen LogP contribution in [0.25, 0.3) is 6.08 Å². The van der Waals surface area contributed by atoms with Gasteiger partial charge in [0.25, 0.3) is 11.8 Å². The second-order valence-electron chi connectivity index (χ2n) is 7.37. The van der Waals surface area contributed by atoms with Crippen molar-refractivity contribution in [2.45, 2.75) is 6.54 Å². The smallest absolute Gasteiger partial charge is 0.354 e. The van der Waals surface area contributed by atoms with Gasteiger partial charge in [0.15, 0.2) is 0 Å². The van der Waals surface area contributed by atoms with E-state index >= 15 is 0 Å². The number of phenols is 1. The van der Waals surface area contributed by atoms with E-state index in [-0.39, 0.29) is 41.4 Å². The fourth-order valence-electron chi connectivity index (χ4n) is 3.11. The topological polar surface area (TPSA) is 149 Å². The van der Waals surface area contributed by atoms with Crippen LogP contribution < -0.4 is 20.1 Å². The van der Waals surface area contributed by atoms with Gasteiger partial charge in [-0.2, -0.15) is 4.98 Å². The van der Waals surface area contributed by atoms with E-state index in [4.69, 9.17) is 14.2 Å². The van der Waals surface area contributed by atoms with Crippen LogP contribution in [-0.4, -0.2) is 54.2 Å². The average molecular weight is 571 g/mol. The molecule has 0 saturated heterocycles. The normalized spacial score (nSPS) is 10.9. The molecular weight excluding hydrogens is 548 g/mol. The van der Waals surface area contributed by atoms with Gasteiger partial charge >= 0.3 is 12.0 Å². The van der Waals surface area contributed by atoms with Gasteiger partial charge in [-0.1, -0.05) is 12.1 Å². The van der Waals surface area contributed by atoms with E-state index in [9.17, 15) is 19.5 Å². The van der Waals surface area contributed by atoms with Crippen LogP contribution in [0.5, 0.6) is 17.6 Å². The molecule has 12 heteroatoms. The van der Waals surface area contributed by atoms with E-state index in [1.807, 2.05) is 0 Å². The van der Waals surface area contributed by atoms with Crippen LogP contribution in [0, 0.1) is 0 Å². The molecule has 0 aliphatic carbocycles. The molecule has 0 bridgehead atoms. The lowest BCUT2D eigenvalue weighted by molar-refractivity contribution is -0.136. The molecule has 0 radical (unpaired) electrons. The molecule has 0 aliphatic heterocycles. The molecule has 192 valence electrons. The number of amides is 2. The monoisotopic (exact) mass is 570 g/mol. The maximum atomic E-state index is 13.0. The Bertz CT molecular complexity index is 1360. The number of aromatic nitrogens is 2. The summed E-state index contributed by atoms with van der Waals surface area (Å²) in [4.78, 5) is 45.9. The zero-order valence-electron chi connectivity index (χ0n) is 20.1. The predicted molar refractivity (Wildman–Crippen MR) is 136 cm³/mol. The number of ether oxygens (including phenoxy) is 3. The van der Waals surface area contributed by atoms with Gasteiger partial charge in [-0.05, 0) is 57.9 Å². The molecule has 1 aromatic heterocycles. The van der Waals surface area contributed by atoms with Crippen LogP contribution in [0.3, 0.4) is 0 Å². The van der Waals surface area contributed by atoms with Crippen LogP contribution in [0.1, 0.15) is 31.8 Å². The third-order valence-electron chi connectivity index (χ3n) is 4.93. The summed E-state index contributed by atoms with van der Waals surface area (Å²) in [6.45, 7) is 0.207. The highest BCUT2D eigenvalue weighted by molar-refractivity contribution is 9.10. The van der Waals surface area contributed by atoms with Crippen molar-refractivity contribution in [3.63, 3.8) is 0 Å². The lowest BCUT2D eigenvalue weighted by atomic mass is 10.1. The minimum Gasteiger partial charge on any atom is -0.508 e. The first-order valence-electron chi connectivity index (χ1n) is 10.7. The maximum Gasteiger partial charge on any atom is 0.354 e. The van der Waals surface area contributed by atoms with E-state index in [2.05, 4.69) is 36.5 Å². The lowest BCUT2D eigenvalue weighted by Gasteiger charge is -2.12. The molecule has 2 aromatic carbocycles. The standard InChI is InChI=1S/C25H23BrN4O7/c1-35-23-16(13-28-25(30-23)37-3)11-20(24(34)36-2)29-22(33)18-8-7-15(10-19(18)26)21(32)27-12-14-5-4-6-17(31)9-14/h4-11,13,31H,12H2,1-3H3,(H,27,32)(H,29,33)/b20-11+. The Morgan fingerprint density at radius 2 is 1.84 bits per heavy atom. The number of benzene rings is 2. The minimum atomic E-state index is -0.815. The van der Waals surface area contributed by atoms with Crippen LogP contribution in [0.4, 0.5) is 0 Å². The van der Waals surface area contributed by atoms with Crippen molar-refractivity contribution in [3.05, 3.63) is 81.1 Å². The highest BCUT2D eigenvalue weighted by Gasteiger charge is 2.19. The molecule has 0 unspecified atom stereocenters. The van der Waals surface area contributed by atoms with Crippen molar-refractivity contribution in [2.75, 3.05) is 21.3 Å². The van der Waals surface area contributed by atoms with Gasteiger partial charge in [-0.15, -0.1) is 0 Å². The third-order valence-corrected chi connectivity index (χ3v) is 5.58. The Kier molecular flexibility index (Phi) is 9.16. The SMILES string of the molecule is COC(=O)/C(=C\c1cnc(OC)nc1OC)NC(=O)c1ccc(C(=O)NCc2cccc(O)c2)cc1Br. The van der Waals surface area contributed by atoms with E-state index in [1.54, 1.807) is 18.2 Å². The number of methoxy groups -OCH3 is 3. The molecule has 0 atom stereocenters. The summed E-state index contributed by atoms with van der Waals surface area (Å²) >= 11 is 3.31. The summed E-state index contributed by atoms with van der Waals surface area (Å²) in [7, 11) is 3.95. The van der Waals surface area contributed by atoms with Gasteiger partial charge in [-0.25, -0.2) is 9.78 Å². The summed E-state index contributed by atoms with van der Waals surface area (Å²) in [6.07, 6.45) is 2.67. The molecule has 3 rings (SSSR count). The molecule has 11 nitrogen and oxygen atoms in total. The fraction of sp³-hybridized carbons (Fsp3) is 0.160. The van der Waals surface area contributed by atoms with Crippen LogP contribution in [-0.2, 0) is 16.1 Å². The number of carbonyl (C=O) groups excluding carboxylic acids is 3. The van der Waals surface area contributed by atoms with Gasteiger partial charge in [0.1, 0.15) is 11.4 Å². The number of nitrogens with zero attached hydrogens (tertiary/aromatic N) is 2. The van der Waals surface area contributed by atoms with Crippen molar-refractivity contribution in [2.24, 2.45) is 0 Å². The molecule has 3 aromatic rings. The first-order chi connectivity index (χ1) is 17.7. The van der Waals surface area contributed by atoms with Crippen LogP contribution in [0.15, 0.2) is 58.8 Å². The molecule has 0 aliphatic rings. The lowest BCUT2D eigenvalue weighted by Crippen LogP contribution is -2.28. The van der Waals surface area contributed by atoms with E-state index in [0.29, 0.717) is 15.6 Å². The van der Waals surface area contributed by atoms with Gasteiger partial charge < -0.3 is 30.0 Å². The quantitative estimate of drug-likeness (QED) is 0.260.